The molecule has 1 aromatic carbocycles. The molecule has 5 nitrogen and oxygen atoms in total. The summed E-state index contributed by atoms with van der Waals surface area (Å²) in [5.41, 5.74) is 1.69. The summed E-state index contributed by atoms with van der Waals surface area (Å²) in [6.45, 7) is 0.675. The van der Waals surface area contributed by atoms with Crippen molar-refractivity contribution in [3.05, 3.63) is 29.8 Å². The van der Waals surface area contributed by atoms with E-state index < -0.39 is 0 Å². The number of carbonyl (C=O) groups excluding carboxylic acids is 1. The largest absolute Gasteiger partial charge is 0.395 e. The predicted molar refractivity (Wildman–Crippen MR) is 61.3 cm³/mol. The maximum Gasteiger partial charge on any atom is 0.319 e. The highest BCUT2D eigenvalue weighted by Crippen LogP contribution is 2.10. The molecule has 1 aromatic rings. The molecule has 0 aliphatic rings. The fourth-order valence-electron chi connectivity index (χ4n) is 1.25. The van der Waals surface area contributed by atoms with Crippen LogP contribution in [0.4, 0.5) is 10.5 Å². The van der Waals surface area contributed by atoms with E-state index in [0.29, 0.717) is 12.3 Å². The van der Waals surface area contributed by atoms with Crippen molar-refractivity contribution in [1.82, 2.24) is 5.32 Å². The molecule has 0 aliphatic carbocycles. The van der Waals surface area contributed by atoms with Crippen LogP contribution in [0.3, 0.4) is 0 Å². The van der Waals surface area contributed by atoms with Crippen molar-refractivity contribution in [1.29, 1.82) is 0 Å². The van der Waals surface area contributed by atoms with Crippen LogP contribution in [0.1, 0.15) is 5.56 Å². The van der Waals surface area contributed by atoms with Gasteiger partial charge in [0.15, 0.2) is 0 Å². The summed E-state index contributed by atoms with van der Waals surface area (Å²) in [6.07, 6.45) is 0. The van der Waals surface area contributed by atoms with E-state index in [2.05, 4.69) is 10.6 Å². The second kappa shape index (κ2) is 6.81. The summed E-state index contributed by atoms with van der Waals surface area (Å²) in [7, 11) is 1.62. The number of aliphatic hydroxyl groups excluding tert-OH is 1. The lowest BCUT2D eigenvalue weighted by molar-refractivity contribution is 0.185. The van der Waals surface area contributed by atoms with Crippen LogP contribution in [-0.4, -0.2) is 31.4 Å². The van der Waals surface area contributed by atoms with Gasteiger partial charge in [0.05, 0.1) is 13.2 Å². The van der Waals surface area contributed by atoms with E-state index in [4.69, 9.17) is 9.84 Å². The predicted octanol–water partition coefficient (Wildman–Crippen LogP) is 0.947. The number of rotatable bonds is 5. The van der Waals surface area contributed by atoms with Gasteiger partial charge in [-0.3, -0.25) is 0 Å². The van der Waals surface area contributed by atoms with Crippen LogP contribution in [-0.2, 0) is 11.3 Å². The number of carbonyl (C=O) groups is 1. The van der Waals surface area contributed by atoms with Gasteiger partial charge >= 0.3 is 6.03 Å². The molecule has 0 aliphatic heterocycles. The topological polar surface area (TPSA) is 70.6 Å². The molecule has 16 heavy (non-hydrogen) atoms. The van der Waals surface area contributed by atoms with Gasteiger partial charge in [0.25, 0.3) is 0 Å². The number of aliphatic hydroxyl groups is 1. The maximum atomic E-state index is 11.3. The minimum atomic E-state index is -0.330. The molecule has 0 heterocycles. The highest BCUT2D eigenvalue weighted by atomic mass is 16.5. The summed E-state index contributed by atoms with van der Waals surface area (Å²) in [6, 6.07) is 7.05. The molecule has 0 radical (unpaired) electrons. The lowest BCUT2D eigenvalue weighted by Crippen LogP contribution is -2.30. The summed E-state index contributed by atoms with van der Waals surface area (Å²) in [4.78, 5) is 11.3. The number of hydrogen-bond donors (Lipinski definition) is 3. The van der Waals surface area contributed by atoms with Crippen molar-refractivity contribution >= 4 is 11.7 Å². The van der Waals surface area contributed by atoms with Crippen LogP contribution < -0.4 is 10.6 Å². The van der Waals surface area contributed by atoms with Gasteiger partial charge in [0, 0.05) is 19.3 Å². The molecule has 88 valence electrons. The second-order valence-electron chi connectivity index (χ2n) is 3.24. The standard InChI is InChI=1S/C11H16N2O3/c1-16-8-9-3-2-4-10(7-9)13-11(15)12-5-6-14/h2-4,7,14H,5-6,8H2,1H3,(H2,12,13,15). The molecular formula is C11H16N2O3. The summed E-state index contributed by atoms with van der Waals surface area (Å²) in [5.74, 6) is 0. The Morgan fingerprint density at radius 1 is 1.50 bits per heavy atom. The number of ether oxygens (including phenoxy) is 1. The molecule has 0 atom stereocenters. The number of anilines is 1. The second-order valence-corrected chi connectivity index (χ2v) is 3.24. The first-order valence-corrected chi connectivity index (χ1v) is 5.00. The van der Waals surface area contributed by atoms with Gasteiger partial charge in [0.1, 0.15) is 0 Å². The molecule has 0 unspecified atom stereocenters. The van der Waals surface area contributed by atoms with Gasteiger partial charge < -0.3 is 20.5 Å². The third kappa shape index (κ3) is 4.29. The summed E-state index contributed by atoms with van der Waals surface area (Å²) < 4.78 is 4.99. The Balaban J connectivity index is 2.52. The quantitative estimate of drug-likeness (QED) is 0.697. The number of nitrogens with one attached hydrogen (secondary N) is 2. The van der Waals surface area contributed by atoms with Crippen LogP contribution in [0, 0.1) is 0 Å². The van der Waals surface area contributed by atoms with Gasteiger partial charge in [-0.25, -0.2) is 4.79 Å². The molecule has 3 N–H and O–H groups in total. The number of urea groups is 1. The average Bonchev–Trinajstić information content (AvgIpc) is 2.27. The highest BCUT2D eigenvalue weighted by molar-refractivity contribution is 5.89. The number of hydrogen-bond acceptors (Lipinski definition) is 3. The number of methoxy groups -OCH3 is 1. The fraction of sp³-hybridized carbons (Fsp3) is 0.364. The van der Waals surface area contributed by atoms with Gasteiger partial charge in [0.2, 0.25) is 0 Å². The van der Waals surface area contributed by atoms with E-state index in [1.807, 2.05) is 18.2 Å². The zero-order valence-electron chi connectivity index (χ0n) is 9.19. The van der Waals surface area contributed by atoms with Crippen molar-refractivity contribution in [2.24, 2.45) is 0 Å². The molecule has 0 saturated heterocycles. The van der Waals surface area contributed by atoms with Crippen molar-refractivity contribution in [2.45, 2.75) is 6.61 Å². The normalized spacial score (nSPS) is 9.88. The van der Waals surface area contributed by atoms with Crippen LogP contribution in [0.15, 0.2) is 24.3 Å². The van der Waals surface area contributed by atoms with Crippen molar-refractivity contribution in [3.63, 3.8) is 0 Å². The lowest BCUT2D eigenvalue weighted by Gasteiger charge is -2.07. The van der Waals surface area contributed by atoms with E-state index in [9.17, 15) is 4.79 Å². The molecule has 1 rings (SSSR count). The van der Waals surface area contributed by atoms with Gasteiger partial charge in [-0.15, -0.1) is 0 Å². The Morgan fingerprint density at radius 2 is 2.31 bits per heavy atom. The average molecular weight is 224 g/mol. The SMILES string of the molecule is COCc1cccc(NC(=O)NCCO)c1. The van der Waals surface area contributed by atoms with Crippen LogP contribution in [0.25, 0.3) is 0 Å². The Morgan fingerprint density at radius 3 is 3.00 bits per heavy atom. The first kappa shape index (κ1) is 12.5. The fourth-order valence-corrected chi connectivity index (χ4v) is 1.25. The molecule has 0 saturated carbocycles. The van der Waals surface area contributed by atoms with Crippen molar-refractivity contribution < 1.29 is 14.6 Å². The molecule has 0 fully saturated rings. The molecular weight excluding hydrogens is 208 g/mol. The smallest absolute Gasteiger partial charge is 0.319 e. The number of benzene rings is 1. The Labute approximate surface area is 94.4 Å². The molecule has 5 heteroatoms. The molecule has 0 bridgehead atoms. The van der Waals surface area contributed by atoms with E-state index in [0.717, 1.165) is 5.56 Å². The van der Waals surface area contributed by atoms with E-state index in [-0.39, 0.29) is 19.2 Å². The Bertz CT molecular complexity index is 342. The monoisotopic (exact) mass is 224 g/mol. The number of amides is 2. The van der Waals surface area contributed by atoms with Gasteiger partial charge in [-0.2, -0.15) is 0 Å². The minimum Gasteiger partial charge on any atom is -0.395 e. The van der Waals surface area contributed by atoms with Crippen LogP contribution >= 0.6 is 0 Å². The van der Waals surface area contributed by atoms with Crippen molar-refractivity contribution in [3.8, 4) is 0 Å². The molecule has 0 aromatic heterocycles. The lowest BCUT2D eigenvalue weighted by atomic mass is 10.2. The zero-order chi connectivity index (χ0) is 11.8. The summed E-state index contributed by atoms with van der Waals surface area (Å²) >= 11 is 0. The first-order valence-electron chi connectivity index (χ1n) is 5.00. The Hall–Kier alpha value is -1.59. The zero-order valence-corrected chi connectivity index (χ0v) is 9.19. The van der Waals surface area contributed by atoms with Crippen LogP contribution in [0.5, 0.6) is 0 Å². The minimum absolute atomic E-state index is 0.0723. The van der Waals surface area contributed by atoms with E-state index >= 15 is 0 Å². The molecule has 2 amide bonds. The first-order chi connectivity index (χ1) is 7.76. The van der Waals surface area contributed by atoms with Crippen molar-refractivity contribution in [2.75, 3.05) is 25.6 Å². The van der Waals surface area contributed by atoms with E-state index in [1.165, 1.54) is 0 Å². The highest BCUT2D eigenvalue weighted by Gasteiger charge is 2.01. The van der Waals surface area contributed by atoms with E-state index in [1.54, 1.807) is 13.2 Å². The Kier molecular flexibility index (Phi) is 5.31. The third-order valence-electron chi connectivity index (χ3n) is 1.89. The van der Waals surface area contributed by atoms with Gasteiger partial charge in [-0.05, 0) is 17.7 Å². The van der Waals surface area contributed by atoms with Crippen LogP contribution in [0.2, 0.25) is 0 Å². The van der Waals surface area contributed by atoms with Gasteiger partial charge in [-0.1, -0.05) is 12.1 Å². The molecule has 0 spiro atoms. The summed E-state index contributed by atoms with van der Waals surface area (Å²) in [5, 5.41) is 13.7. The maximum absolute atomic E-state index is 11.3. The third-order valence-corrected chi connectivity index (χ3v) is 1.89.